The van der Waals surface area contributed by atoms with E-state index in [1.54, 1.807) is 6.92 Å². The number of aliphatic hydroxyl groups is 1. The molecule has 0 saturated heterocycles. The molecule has 3 aliphatic carbocycles. The highest BCUT2D eigenvalue weighted by molar-refractivity contribution is 5.89. The standard InChI is InChI=1S/C19H32N2O3/c1-12(22)16(20-18(23)15-10-11-15)19(24)21-17(13-6-2-3-7-13)14-8-4-5-9-14/h12-17,22H,2-11H2,1H3,(H,20,23)(H,21,24). The van der Waals surface area contributed by atoms with Crippen LogP contribution in [0.3, 0.4) is 0 Å². The normalized spacial score (nSPS) is 25.0. The van der Waals surface area contributed by atoms with Crippen molar-refractivity contribution in [2.75, 3.05) is 0 Å². The second-order valence-electron chi connectivity index (χ2n) is 8.12. The van der Waals surface area contributed by atoms with Gasteiger partial charge in [-0.3, -0.25) is 9.59 Å². The molecule has 24 heavy (non-hydrogen) atoms. The van der Waals surface area contributed by atoms with Gasteiger partial charge in [0.15, 0.2) is 0 Å². The van der Waals surface area contributed by atoms with Crippen LogP contribution in [0.1, 0.15) is 71.1 Å². The lowest BCUT2D eigenvalue weighted by Gasteiger charge is -2.32. The molecular formula is C19H32N2O3. The Labute approximate surface area is 145 Å². The molecule has 3 rings (SSSR count). The van der Waals surface area contributed by atoms with Gasteiger partial charge in [-0.15, -0.1) is 0 Å². The van der Waals surface area contributed by atoms with Crippen LogP contribution in [0.5, 0.6) is 0 Å². The Balaban J connectivity index is 1.64. The minimum absolute atomic E-state index is 0.0412. The van der Waals surface area contributed by atoms with E-state index < -0.39 is 12.1 Å². The van der Waals surface area contributed by atoms with Gasteiger partial charge >= 0.3 is 0 Å². The average molecular weight is 336 g/mol. The summed E-state index contributed by atoms with van der Waals surface area (Å²) < 4.78 is 0. The van der Waals surface area contributed by atoms with Crippen molar-refractivity contribution in [1.82, 2.24) is 10.6 Å². The molecule has 5 nitrogen and oxygen atoms in total. The third kappa shape index (κ3) is 4.29. The number of carbonyl (C=O) groups excluding carboxylic acids is 2. The van der Waals surface area contributed by atoms with E-state index in [-0.39, 0.29) is 23.8 Å². The molecule has 3 aliphatic rings. The predicted octanol–water partition coefficient (Wildman–Crippen LogP) is 2.13. The summed E-state index contributed by atoms with van der Waals surface area (Å²) in [5.74, 6) is 0.869. The van der Waals surface area contributed by atoms with Crippen LogP contribution in [0.25, 0.3) is 0 Å². The van der Waals surface area contributed by atoms with Crippen molar-refractivity contribution in [3.63, 3.8) is 0 Å². The predicted molar refractivity (Wildman–Crippen MR) is 92.2 cm³/mol. The molecule has 5 heteroatoms. The summed E-state index contributed by atoms with van der Waals surface area (Å²) in [4.78, 5) is 24.8. The second kappa shape index (κ2) is 7.85. The number of hydrogen-bond donors (Lipinski definition) is 3. The highest BCUT2D eigenvalue weighted by Crippen LogP contribution is 2.37. The van der Waals surface area contributed by atoms with Crippen LogP contribution in [0.4, 0.5) is 0 Å². The van der Waals surface area contributed by atoms with E-state index in [0.717, 1.165) is 12.8 Å². The molecule has 3 N–H and O–H groups in total. The highest BCUT2D eigenvalue weighted by Gasteiger charge is 2.38. The first-order chi connectivity index (χ1) is 11.6. The van der Waals surface area contributed by atoms with E-state index in [1.807, 2.05) is 0 Å². The molecule has 0 aliphatic heterocycles. The van der Waals surface area contributed by atoms with Crippen LogP contribution in [0.2, 0.25) is 0 Å². The maximum absolute atomic E-state index is 12.8. The van der Waals surface area contributed by atoms with Crippen molar-refractivity contribution < 1.29 is 14.7 Å². The summed E-state index contributed by atoms with van der Waals surface area (Å²) in [6.07, 6.45) is 10.7. The maximum Gasteiger partial charge on any atom is 0.245 e. The van der Waals surface area contributed by atoms with Crippen LogP contribution in [-0.2, 0) is 9.59 Å². The number of rotatable bonds is 7. The Bertz CT molecular complexity index is 434. The Morgan fingerprint density at radius 3 is 1.79 bits per heavy atom. The number of hydrogen-bond acceptors (Lipinski definition) is 3. The van der Waals surface area contributed by atoms with Gasteiger partial charge in [-0.2, -0.15) is 0 Å². The molecule has 0 radical (unpaired) electrons. The average Bonchev–Trinajstić information content (AvgIpc) is 3.03. The fourth-order valence-electron chi connectivity index (χ4n) is 4.53. The van der Waals surface area contributed by atoms with Gasteiger partial charge in [0.2, 0.25) is 11.8 Å². The summed E-state index contributed by atoms with van der Waals surface area (Å²) in [5.41, 5.74) is 0. The van der Waals surface area contributed by atoms with E-state index in [4.69, 9.17) is 0 Å². The van der Waals surface area contributed by atoms with E-state index >= 15 is 0 Å². The van der Waals surface area contributed by atoms with Crippen molar-refractivity contribution in [2.45, 2.75) is 89.3 Å². The minimum atomic E-state index is -0.875. The number of aliphatic hydroxyl groups excluding tert-OH is 1. The van der Waals surface area contributed by atoms with E-state index in [1.165, 1.54) is 51.4 Å². The Morgan fingerprint density at radius 1 is 0.875 bits per heavy atom. The fraction of sp³-hybridized carbons (Fsp3) is 0.895. The fourth-order valence-corrected chi connectivity index (χ4v) is 4.53. The van der Waals surface area contributed by atoms with E-state index in [9.17, 15) is 14.7 Å². The molecule has 0 aromatic heterocycles. The maximum atomic E-state index is 12.8. The Hall–Kier alpha value is -1.10. The second-order valence-corrected chi connectivity index (χ2v) is 8.12. The smallest absolute Gasteiger partial charge is 0.245 e. The summed E-state index contributed by atoms with van der Waals surface area (Å²) >= 11 is 0. The molecule has 3 fully saturated rings. The molecule has 2 unspecified atom stereocenters. The zero-order valence-electron chi connectivity index (χ0n) is 14.8. The highest BCUT2D eigenvalue weighted by atomic mass is 16.3. The van der Waals surface area contributed by atoms with Gasteiger partial charge in [0.05, 0.1) is 6.10 Å². The summed E-state index contributed by atoms with van der Waals surface area (Å²) in [7, 11) is 0. The molecule has 2 atom stereocenters. The van der Waals surface area contributed by atoms with E-state index in [0.29, 0.717) is 11.8 Å². The van der Waals surface area contributed by atoms with Gasteiger partial charge in [-0.1, -0.05) is 25.7 Å². The van der Waals surface area contributed by atoms with Crippen LogP contribution >= 0.6 is 0 Å². The van der Waals surface area contributed by atoms with Gasteiger partial charge in [-0.05, 0) is 57.3 Å². The van der Waals surface area contributed by atoms with Crippen molar-refractivity contribution in [3.05, 3.63) is 0 Å². The lowest BCUT2D eigenvalue weighted by Crippen LogP contribution is -2.56. The summed E-state index contributed by atoms with van der Waals surface area (Å²) in [6.45, 7) is 1.58. The van der Waals surface area contributed by atoms with Gasteiger partial charge in [0.1, 0.15) is 6.04 Å². The minimum Gasteiger partial charge on any atom is -0.391 e. The zero-order chi connectivity index (χ0) is 17.1. The van der Waals surface area contributed by atoms with Crippen LogP contribution in [0.15, 0.2) is 0 Å². The largest absolute Gasteiger partial charge is 0.391 e. The topological polar surface area (TPSA) is 78.4 Å². The van der Waals surface area contributed by atoms with Gasteiger partial charge in [0.25, 0.3) is 0 Å². The first-order valence-corrected chi connectivity index (χ1v) is 9.85. The number of carbonyl (C=O) groups is 2. The molecular weight excluding hydrogens is 304 g/mol. The third-order valence-corrected chi connectivity index (χ3v) is 6.14. The molecule has 136 valence electrons. The van der Waals surface area contributed by atoms with Crippen LogP contribution < -0.4 is 10.6 Å². The van der Waals surface area contributed by atoms with Crippen LogP contribution in [0, 0.1) is 17.8 Å². The molecule has 0 aromatic rings. The first-order valence-electron chi connectivity index (χ1n) is 9.85. The van der Waals surface area contributed by atoms with Crippen molar-refractivity contribution >= 4 is 11.8 Å². The van der Waals surface area contributed by atoms with Crippen LogP contribution in [-0.4, -0.2) is 35.1 Å². The van der Waals surface area contributed by atoms with Gasteiger partial charge < -0.3 is 15.7 Å². The summed E-state index contributed by atoms with van der Waals surface area (Å²) in [6, 6.07) is -0.620. The van der Waals surface area contributed by atoms with Gasteiger partial charge in [0, 0.05) is 12.0 Å². The lowest BCUT2D eigenvalue weighted by atomic mass is 9.85. The number of nitrogens with one attached hydrogen (secondary N) is 2. The van der Waals surface area contributed by atoms with Gasteiger partial charge in [-0.25, -0.2) is 0 Å². The molecule has 0 heterocycles. The zero-order valence-corrected chi connectivity index (χ0v) is 14.8. The molecule has 0 bridgehead atoms. The van der Waals surface area contributed by atoms with Crippen molar-refractivity contribution in [1.29, 1.82) is 0 Å². The summed E-state index contributed by atoms with van der Waals surface area (Å²) in [5, 5.41) is 16.0. The third-order valence-electron chi connectivity index (χ3n) is 6.14. The molecule has 2 amide bonds. The molecule has 0 spiro atoms. The SMILES string of the molecule is CC(O)C(NC(=O)C1CC1)C(=O)NC(C1CCCC1)C1CCCC1. The van der Waals surface area contributed by atoms with Crippen molar-refractivity contribution in [3.8, 4) is 0 Å². The van der Waals surface area contributed by atoms with E-state index in [2.05, 4.69) is 10.6 Å². The first kappa shape index (κ1) is 17.7. The van der Waals surface area contributed by atoms with Crippen molar-refractivity contribution in [2.24, 2.45) is 17.8 Å². The molecule has 3 saturated carbocycles. The Morgan fingerprint density at radius 2 is 1.38 bits per heavy atom. The number of amides is 2. The monoisotopic (exact) mass is 336 g/mol. The lowest BCUT2D eigenvalue weighted by molar-refractivity contribution is -0.133. The Kier molecular flexibility index (Phi) is 5.80. The molecule has 0 aromatic carbocycles. The quantitative estimate of drug-likeness (QED) is 0.666.